The largest absolute Gasteiger partial charge is 0.478 e. The van der Waals surface area contributed by atoms with Gasteiger partial charge in [0, 0.05) is 18.7 Å². The van der Waals surface area contributed by atoms with Crippen molar-refractivity contribution in [2.24, 2.45) is 11.7 Å². The molecule has 1 fully saturated rings. The lowest BCUT2D eigenvalue weighted by Gasteiger charge is -2.34. The maximum atomic E-state index is 12.4. The van der Waals surface area contributed by atoms with Crippen molar-refractivity contribution in [3.63, 3.8) is 0 Å². The number of hydrogen-bond acceptors (Lipinski definition) is 6. The second-order valence-corrected chi connectivity index (χ2v) is 7.12. The highest BCUT2D eigenvalue weighted by molar-refractivity contribution is 7.99. The first kappa shape index (κ1) is 17.8. The number of hydrogen-bond donors (Lipinski definition) is 2. The van der Waals surface area contributed by atoms with Crippen molar-refractivity contribution in [3.8, 4) is 0 Å². The van der Waals surface area contributed by atoms with Crippen LogP contribution in [0.25, 0.3) is 0 Å². The number of carbonyl (C=O) groups excluding carboxylic acids is 2. The number of rotatable bonds is 3. The molecular weight excluding hydrogens is 296 g/mol. The SMILES string of the molecule is CSC1CN(C(C)=O)[C@](N)(C(=O)O)C1C(=O)OC(C)(C)C. The molecule has 0 radical (unpaired) electrons. The molecule has 0 spiro atoms. The molecule has 1 aliphatic heterocycles. The Morgan fingerprint density at radius 3 is 2.24 bits per heavy atom. The van der Waals surface area contributed by atoms with Crippen LogP contribution in [0.2, 0.25) is 0 Å². The number of carbonyl (C=O) groups is 3. The van der Waals surface area contributed by atoms with E-state index in [9.17, 15) is 19.5 Å². The Bertz CT molecular complexity index is 462. The van der Waals surface area contributed by atoms with E-state index in [1.54, 1.807) is 27.0 Å². The van der Waals surface area contributed by atoms with E-state index in [0.29, 0.717) is 0 Å². The lowest BCUT2D eigenvalue weighted by molar-refractivity contribution is -0.172. The van der Waals surface area contributed by atoms with Crippen molar-refractivity contribution < 1.29 is 24.2 Å². The van der Waals surface area contributed by atoms with Crippen LogP contribution in [0.3, 0.4) is 0 Å². The van der Waals surface area contributed by atoms with Gasteiger partial charge in [-0.05, 0) is 27.0 Å². The van der Waals surface area contributed by atoms with Gasteiger partial charge in [-0.3, -0.25) is 15.3 Å². The molecule has 0 saturated carbocycles. The van der Waals surface area contributed by atoms with Gasteiger partial charge in [0.25, 0.3) is 0 Å². The van der Waals surface area contributed by atoms with Crippen LogP contribution in [0.5, 0.6) is 0 Å². The molecule has 7 nitrogen and oxygen atoms in total. The average molecular weight is 318 g/mol. The molecular formula is C13H22N2O5S. The van der Waals surface area contributed by atoms with Crippen LogP contribution in [0, 0.1) is 5.92 Å². The minimum atomic E-state index is -2.08. The second-order valence-electron chi connectivity index (χ2n) is 6.05. The highest BCUT2D eigenvalue weighted by Crippen LogP contribution is 2.39. The summed E-state index contributed by atoms with van der Waals surface area (Å²) in [7, 11) is 0. The first-order chi connectivity index (χ1) is 9.45. The fourth-order valence-corrected chi connectivity index (χ4v) is 3.32. The molecule has 120 valence electrons. The highest BCUT2D eigenvalue weighted by Gasteiger charge is 2.61. The van der Waals surface area contributed by atoms with Crippen molar-refractivity contribution in [1.82, 2.24) is 4.90 Å². The van der Waals surface area contributed by atoms with E-state index in [1.807, 2.05) is 0 Å². The normalized spacial score (nSPS) is 29.3. The molecule has 3 N–H and O–H groups in total. The number of esters is 1. The maximum Gasteiger partial charge on any atom is 0.345 e. The van der Waals surface area contributed by atoms with E-state index in [4.69, 9.17) is 10.5 Å². The molecule has 0 aromatic rings. The van der Waals surface area contributed by atoms with Gasteiger partial charge in [-0.15, -0.1) is 0 Å². The zero-order valence-corrected chi connectivity index (χ0v) is 13.7. The third-order valence-electron chi connectivity index (χ3n) is 3.34. The van der Waals surface area contributed by atoms with Crippen molar-refractivity contribution in [2.45, 2.75) is 44.2 Å². The predicted octanol–water partition coefficient (Wildman–Crippen LogP) is 0.278. The lowest BCUT2D eigenvalue weighted by Crippen LogP contribution is -2.65. The van der Waals surface area contributed by atoms with E-state index in [0.717, 1.165) is 4.90 Å². The van der Waals surface area contributed by atoms with Gasteiger partial charge in [0.1, 0.15) is 11.5 Å². The van der Waals surface area contributed by atoms with Crippen molar-refractivity contribution in [3.05, 3.63) is 0 Å². The number of likely N-dealkylation sites (tertiary alicyclic amines) is 1. The smallest absolute Gasteiger partial charge is 0.345 e. The lowest BCUT2D eigenvalue weighted by atomic mass is 9.93. The Morgan fingerprint density at radius 1 is 1.38 bits per heavy atom. The Balaban J connectivity index is 3.26. The summed E-state index contributed by atoms with van der Waals surface area (Å²) in [5, 5.41) is 9.06. The van der Waals surface area contributed by atoms with Crippen LogP contribution >= 0.6 is 11.8 Å². The fourth-order valence-electron chi connectivity index (χ4n) is 2.43. The minimum Gasteiger partial charge on any atom is -0.478 e. The van der Waals surface area contributed by atoms with Gasteiger partial charge in [0.05, 0.1) is 0 Å². The molecule has 3 atom stereocenters. The summed E-state index contributed by atoms with van der Waals surface area (Å²) < 4.78 is 5.29. The van der Waals surface area contributed by atoms with E-state index >= 15 is 0 Å². The molecule has 2 unspecified atom stereocenters. The quantitative estimate of drug-likeness (QED) is 0.719. The molecule has 8 heteroatoms. The summed E-state index contributed by atoms with van der Waals surface area (Å²) in [6.45, 7) is 6.41. The Kier molecular flexibility index (Phi) is 4.94. The molecule has 21 heavy (non-hydrogen) atoms. The van der Waals surface area contributed by atoms with E-state index in [1.165, 1.54) is 18.7 Å². The molecule has 0 aliphatic carbocycles. The molecule has 1 heterocycles. The van der Waals surface area contributed by atoms with Crippen LogP contribution in [0.1, 0.15) is 27.7 Å². The third-order valence-corrected chi connectivity index (χ3v) is 4.37. The maximum absolute atomic E-state index is 12.4. The average Bonchev–Trinajstić information content (AvgIpc) is 2.61. The number of nitrogens with zero attached hydrogens (tertiary/aromatic N) is 1. The summed E-state index contributed by atoms with van der Waals surface area (Å²) in [6, 6.07) is 0. The number of carboxylic acids is 1. The molecule has 1 saturated heterocycles. The Hall–Kier alpha value is -1.28. The van der Waals surface area contributed by atoms with Gasteiger partial charge >= 0.3 is 11.9 Å². The summed E-state index contributed by atoms with van der Waals surface area (Å²) in [4.78, 5) is 36.8. The minimum absolute atomic E-state index is 0.100. The monoisotopic (exact) mass is 318 g/mol. The topological polar surface area (TPSA) is 110 Å². The van der Waals surface area contributed by atoms with Crippen molar-refractivity contribution in [2.75, 3.05) is 12.8 Å². The number of amides is 1. The molecule has 1 rings (SSSR count). The first-order valence-corrected chi connectivity index (χ1v) is 7.80. The summed E-state index contributed by atoms with van der Waals surface area (Å²) >= 11 is 1.30. The molecule has 1 aliphatic rings. The molecule has 0 aromatic heterocycles. The van der Waals surface area contributed by atoms with Crippen molar-refractivity contribution >= 4 is 29.6 Å². The molecule has 0 aromatic carbocycles. The Morgan fingerprint density at radius 2 is 1.90 bits per heavy atom. The van der Waals surface area contributed by atoms with Gasteiger partial charge in [0.2, 0.25) is 11.6 Å². The highest BCUT2D eigenvalue weighted by atomic mass is 32.2. The van der Waals surface area contributed by atoms with Gasteiger partial charge in [-0.1, -0.05) is 0 Å². The van der Waals surface area contributed by atoms with E-state index in [-0.39, 0.29) is 6.54 Å². The van der Waals surface area contributed by atoms with Gasteiger partial charge in [-0.2, -0.15) is 11.8 Å². The van der Waals surface area contributed by atoms with E-state index in [2.05, 4.69) is 0 Å². The molecule has 0 bridgehead atoms. The number of carboxylic acid groups (broad SMARTS) is 1. The van der Waals surface area contributed by atoms with Crippen LogP contribution in [0.15, 0.2) is 0 Å². The standard InChI is InChI=1S/C13H22N2O5S/c1-7(16)15-6-8(21-5)9(13(15,14)11(18)19)10(17)20-12(2,3)4/h8-9H,6,14H2,1-5H3,(H,18,19)/t8?,9?,13-/m0/s1. The zero-order chi connectivity index (χ0) is 16.6. The number of thioether (sulfide) groups is 1. The number of ether oxygens (including phenoxy) is 1. The van der Waals surface area contributed by atoms with Gasteiger partial charge in [-0.25, -0.2) is 4.79 Å². The van der Waals surface area contributed by atoms with E-state index < -0.39 is 40.3 Å². The van der Waals surface area contributed by atoms with Gasteiger partial charge < -0.3 is 14.7 Å². The second kappa shape index (κ2) is 5.84. The van der Waals surface area contributed by atoms with Crippen molar-refractivity contribution in [1.29, 1.82) is 0 Å². The fraction of sp³-hybridized carbons (Fsp3) is 0.769. The van der Waals surface area contributed by atoms with Crippen LogP contribution in [0.4, 0.5) is 0 Å². The summed E-state index contributed by atoms with van der Waals surface area (Å²) in [5.41, 5.74) is 3.13. The van der Waals surface area contributed by atoms with Crippen LogP contribution in [-0.4, -0.2) is 57.2 Å². The predicted molar refractivity (Wildman–Crippen MR) is 78.6 cm³/mol. The number of aliphatic carboxylic acids is 1. The number of nitrogens with two attached hydrogens (primary N) is 1. The first-order valence-electron chi connectivity index (χ1n) is 6.51. The summed E-state index contributed by atoms with van der Waals surface area (Å²) in [5.74, 6) is -3.71. The Labute approximate surface area is 128 Å². The van der Waals surface area contributed by atoms with Crippen LogP contribution < -0.4 is 5.73 Å². The summed E-state index contributed by atoms with van der Waals surface area (Å²) in [6.07, 6.45) is 1.74. The van der Waals surface area contributed by atoms with Gasteiger partial charge in [0.15, 0.2) is 0 Å². The van der Waals surface area contributed by atoms with Crippen LogP contribution in [-0.2, 0) is 19.1 Å². The molecule has 1 amide bonds. The third kappa shape index (κ3) is 3.32. The zero-order valence-electron chi connectivity index (χ0n) is 12.9.